The molecule has 1 saturated heterocycles. The van der Waals surface area contributed by atoms with Crippen LogP contribution in [0, 0.1) is 13.8 Å². The third-order valence-electron chi connectivity index (χ3n) is 5.12. The molecule has 1 aliphatic heterocycles. The summed E-state index contributed by atoms with van der Waals surface area (Å²) in [7, 11) is 0. The highest BCUT2D eigenvalue weighted by molar-refractivity contribution is 8.02. The van der Waals surface area contributed by atoms with Gasteiger partial charge in [0, 0.05) is 18.8 Å². The van der Waals surface area contributed by atoms with Crippen molar-refractivity contribution in [1.82, 2.24) is 10.2 Å². The molecule has 0 aliphatic carbocycles. The molecule has 3 aromatic rings. The van der Waals surface area contributed by atoms with E-state index < -0.39 is 5.25 Å². The maximum Gasteiger partial charge on any atom is 0.242 e. The van der Waals surface area contributed by atoms with Crippen molar-refractivity contribution >= 4 is 39.8 Å². The number of aryl methyl sites for hydroxylation is 2. The molecule has 1 aromatic heterocycles. The maximum absolute atomic E-state index is 13.3. The molecule has 4 rings (SSSR count). The largest absolute Gasteiger partial charge is 0.376 e. The second-order valence-electron chi connectivity index (χ2n) is 7.61. The summed E-state index contributed by atoms with van der Waals surface area (Å²) >= 11 is 2.88. The number of hydrogen-bond acceptors (Lipinski definition) is 7. The number of thioether (sulfide) groups is 1. The van der Waals surface area contributed by atoms with Crippen LogP contribution in [0.2, 0.25) is 0 Å². The Bertz CT molecular complexity index is 1020. The van der Waals surface area contributed by atoms with Crippen LogP contribution in [0.15, 0.2) is 52.9 Å². The van der Waals surface area contributed by atoms with Crippen LogP contribution in [0.3, 0.4) is 0 Å². The molecule has 6 nitrogen and oxygen atoms in total. The average Bonchev–Trinajstić information content (AvgIpc) is 3.45. The lowest BCUT2D eigenvalue weighted by molar-refractivity contribution is -0.115. The Balaban J connectivity index is 1.48. The second-order valence-corrected chi connectivity index (χ2v) is 9.93. The van der Waals surface area contributed by atoms with Gasteiger partial charge in [-0.3, -0.25) is 4.79 Å². The van der Waals surface area contributed by atoms with Gasteiger partial charge >= 0.3 is 0 Å². The van der Waals surface area contributed by atoms with Crippen LogP contribution in [0.25, 0.3) is 0 Å². The summed E-state index contributed by atoms with van der Waals surface area (Å²) in [5, 5.41) is 15.3. The van der Waals surface area contributed by atoms with E-state index in [0.29, 0.717) is 0 Å². The van der Waals surface area contributed by atoms with Crippen molar-refractivity contribution in [1.29, 1.82) is 0 Å². The van der Waals surface area contributed by atoms with Crippen LogP contribution in [-0.2, 0) is 9.53 Å². The SMILES string of the molecule is Cc1ccc(C)c(NC(=O)[C@H](Sc2nnc(NC[C@H]3CCCO3)s2)c2ccccc2)c1. The fourth-order valence-corrected chi connectivity index (χ4v) is 5.36. The van der Waals surface area contributed by atoms with E-state index in [1.165, 1.54) is 23.1 Å². The van der Waals surface area contributed by atoms with Crippen molar-refractivity contribution in [2.24, 2.45) is 0 Å². The van der Waals surface area contributed by atoms with E-state index in [1.54, 1.807) is 0 Å². The average molecular weight is 455 g/mol. The monoisotopic (exact) mass is 454 g/mol. The van der Waals surface area contributed by atoms with Crippen molar-refractivity contribution in [3.63, 3.8) is 0 Å². The smallest absolute Gasteiger partial charge is 0.242 e. The van der Waals surface area contributed by atoms with Gasteiger partial charge in [-0.1, -0.05) is 65.6 Å². The van der Waals surface area contributed by atoms with E-state index in [0.717, 1.165) is 57.8 Å². The summed E-state index contributed by atoms with van der Waals surface area (Å²) in [6.45, 7) is 5.58. The number of nitrogens with zero attached hydrogens (tertiary/aromatic N) is 2. The van der Waals surface area contributed by atoms with Crippen molar-refractivity contribution in [3.8, 4) is 0 Å². The fourth-order valence-electron chi connectivity index (χ4n) is 3.41. The van der Waals surface area contributed by atoms with Crippen LogP contribution in [-0.4, -0.2) is 35.4 Å². The molecule has 2 atom stereocenters. The van der Waals surface area contributed by atoms with Crippen molar-refractivity contribution in [2.75, 3.05) is 23.8 Å². The van der Waals surface area contributed by atoms with Gasteiger partial charge in [0.1, 0.15) is 5.25 Å². The number of amides is 1. The number of hydrogen-bond donors (Lipinski definition) is 2. The summed E-state index contributed by atoms with van der Waals surface area (Å²) in [5.41, 5.74) is 3.91. The van der Waals surface area contributed by atoms with E-state index in [4.69, 9.17) is 4.74 Å². The van der Waals surface area contributed by atoms with Crippen molar-refractivity contribution < 1.29 is 9.53 Å². The molecule has 0 bridgehead atoms. The van der Waals surface area contributed by atoms with E-state index >= 15 is 0 Å². The minimum atomic E-state index is -0.430. The molecule has 0 unspecified atom stereocenters. The van der Waals surface area contributed by atoms with Gasteiger partial charge in [0.05, 0.1) is 6.10 Å². The van der Waals surface area contributed by atoms with Crippen LogP contribution in [0.1, 0.15) is 34.8 Å². The van der Waals surface area contributed by atoms with E-state index in [-0.39, 0.29) is 12.0 Å². The number of aromatic nitrogens is 2. The second kappa shape index (κ2) is 10.3. The van der Waals surface area contributed by atoms with Crippen LogP contribution in [0.5, 0.6) is 0 Å². The maximum atomic E-state index is 13.3. The van der Waals surface area contributed by atoms with Crippen molar-refractivity contribution in [2.45, 2.75) is 42.4 Å². The number of ether oxygens (including phenoxy) is 1. The number of benzene rings is 2. The first-order valence-electron chi connectivity index (χ1n) is 10.4. The van der Waals surface area contributed by atoms with Gasteiger partial charge in [-0.15, -0.1) is 10.2 Å². The van der Waals surface area contributed by atoms with E-state index in [1.807, 2.05) is 62.4 Å². The topological polar surface area (TPSA) is 76.1 Å². The van der Waals surface area contributed by atoms with Crippen molar-refractivity contribution in [3.05, 3.63) is 65.2 Å². The standard InChI is InChI=1S/C23H26N4O2S2/c1-15-10-11-16(2)19(13-15)25-21(28)20(17-7-4-3-5-8-17)30-23-27-26-22(31-23)24-14-18-9-6-12-29-18/h3-5,7-8,10-11,13,18,20H,6,9,12,14H2,1-2H3,(H,24,26)(H,25,28)/t18-,20-/m1/s1. The Hall–Kier alpha value is -2.42. The quantitative estimate of drug-likeness (QED) is 0.455. The lowest BCUT2D eigenvalue weighted by Gasteiger charge is -2.17. The van der Waals surface area contributed by atoms with Gasteiger partial charge in [0.25, 0.3) is 0 Å². The van der Waals surface area contributed by atoms with Crippen LogP contribution < -0.4 is 10.6 Å². The van der Waals surface area contributed by atoms with Gasteiger partial charge in [-0.2, -0.15) is 0 Å². The van der Waals surface area contributed by atoms with Gasteiger partial charge in [0.2, 0.25) is 11.0 Å². The molecule has 2 N–H and O–H groups in total. The fraction of sp³-hybridized carbons (Fsp3) is 0.348. The first-order chi connectivity index (χ1) is 15.1. The Labute approximate surface area is 190 Å². The zero-order valence-electron chi connectivity index (χ0n) is 17.6. The minimum Gasteiger partial charge on any atom is -0.376 e. The van der Waals surface area contributed by atoms with E-state index in [2.05, 4.69) is 20.8 Å². The number of carbonyl (C=O) groups excluding carboxylic acids is 1. The number of nitrogens with one attached hydrogen (secondary N) is 2. The summed E-state index contributed by atoms with van der Waals surface area (Å²) in [6.07, 6.45) is 2.42. The van der Waals surface area contributed by atoms with E-state index in [9.17, 15) is 4.79 Å². The molecule has 31 heavy (non-hydrogen) atoms. The van der Waals surface area contributed by atoms with Crippen LogP contribution >= 0.6 is 23.1 Å². The molecule has 2 heterocycles. The summed E-state index contributed by atoms with van der Waals surface area (Å²) < 4.78 is 6.40. The summed E-state index contributed by atoms with van der Waals surface area (Å²) in [4.78, 5) is 13.3. The number of rotatable bonds is 8. The summed E-state index contributed by atoms with van der Waals surface area (Å²) in [5.74, 6) is -0.0750. The van der Waals surface area contributed by atoms with Gasteiger partial charge in [-0.25, -0.2) is 0 Å². The molecule has 1 fully saturated rings. The number of anilines is 2. The molecular weight excluding hydrogens is 428 g/mol. The molecule has 0 radical (unpaired) electrons. The molecule has 1 amide bonds. The predicted molar refractivity (Wildman–Crippen MR) is 127 cm³/mol. The highest BCUT2D eigenvalue weighted by Gasteiger charge is 2.25. The van der Waals surface area contributed by atoms with Crippen LogP contribution in [0.4, 0.5) is 10.8 Å². The Kier molecular flexibility index (Phi) is 7.21. The third-order valence-corrected chi connectivity index (χ3v) is 7.34. The molecule has 8 heteroatoms. The highest BCUT2D eigenvalue weighted by atomic mass is 32.2. The lowest BCUT2D eigenvalue weighted by Crippen LogP contribution is -2.19. The molecule has 162 valence electrons. The number of carbonyl (C=O) groups is 1. The molecule has 0 spiro atoms. The molecule has 1 aliphatic rings. The molecular formula is C23H26N4O2S2. The summed E-state index contributed by atoms with van der Waals surface area (Å²) in [6, 6.07) is 15.8. The minimum absolute atomic E-state index is 0.0750. The normalized spacial score (nSPS) is 16.8. The zero-order valence-corrected chi connectivity index (χ0v) is 19.3. The predicted octanol–water partition coefficient (Wildman–Crippen LogP) is 5.22. The highest BCUT2D eigenvalue weighted by Crippen LogP contribution is 2.39. The zero-order chi connectivity index (χ0) is 21.6. The van der Waals surface area contributed by atoms with Gasteiger partial charge < -0.3 is 15.4 Å². The molecule has 2 aromatic carbocycles. The first kappa shape index (κ1) is 21.8. The lowest BCUT2D eigenvalue weighted by atomic mass is 10.1. The Morgan fingerprint density at radius 2 is 2.06 bits per heavy atom. The Morgan fingerprint density at radius 1 is 1.23 bits per heavy atom. The van der Waals surface area contributed by atoms with Gasteiger partial charge in [0.15, 0.2) is 4.34 Å². The third kappa shape index (κ3) is 5.84. The first-order valence-corrected chi connectivity index (χ1v) is 12.1. The molecule has 0 saturated carbocycles. The Morgan fingerprint density at radius 3 is 2.84 bits per heavy atom. The van der Waals surface area contributed by atoms with Gasteiger partial charge in [-0.05, 0) is 49.4 Å².